The molecule has 1 N–H and O–H groups in total. The van der Waals surface area contributed by atoms with Gasteiger partial charge in [0.1, 0.15) is 5.75 Å². The van der Waals surface area contributed by atoms with Gasteiger partial charge in [-0.3, -0.25) is 9.59 Å². The van der Waals surface area contributed by atoms with E-state index in [9.17, 15) is 9.59 Å². The summed E-state index contributed by atoms with van der Waals surface area (Å²) in [6, 6.07) is 7.39. The van der Waals surface area contributed by atoms with Gasteiger partial charge in [0.05, 0.1) is 13.5 Å². The summed E-state index contributed by atoms with van der Waals surface area (Å²) in [6.07, 6.45) is 3.49. The number of carbonyl (C=O) groups is 2. The van der Waals surface area contributed by atoms with Crippen molar-refractivity contribution in [3.8, 4) is 5.75 Å². The van der Waals surface area contributed by atoms with Gasteiger partial charge in [0.25, 0.3) is 5.91 Å². The highest BCUT2D eigenvalue weighted by molar-refractivity contribution is 5.81. The third-order valence-corrected chi connectivity index (χ3v) is 4.92. The molecule has 1 aliphatic rings. The molecule has 0 aliphatic heterocycles. The van der Waals surface area contributed by atoms with Crippen molar-refractivity contribution in [2.24, 2.45) is 11.8 Å². The normalized spacial score (nSPS) is 23.4. The van der Waals surface area contributed by atoms with E-state index in [0.717, 1.165) is 24.2 Å². The van der Waals surface area contributed by atoms with Gasteiger partial charge in [-0.2, -0.15) is 0 Å². The average Bonchev–Trinajstić information content (AvgIpc) is 2.58. The van der Waals surface area contributed by atoms with Crippen LogP contribution in [0, 0.1) is 11.8 Å². The molecule has 0 spiro atoms. The Kier molecular flexibility index (Phi) is 6.64. The van der Waals surface area contributed by atoms with Gasteiger partial charge >= 0.3 is 5.97 Å². The number of hydrogen-bond acceptors (Lipinski definition) is 4. The van der Waals surface area contributed by atoms with E-state index < -0.39 is 5.97 Å². The van der Waals surface area contributed by atoms with Crippen molar-refractivity contribution in [2.45, 2.75) is 45.6 Å². The van der Waals surface area contributed by atoms with Crippen molar-refractivity contribution in [3.63, 3.8) is 0 Å². The summed E-state index contributed by atoms with van der Waals surface area (Å²) in [5, 5.41) is 3.00. The number of ether oxygens (including phenoxy) is 2. The standard InChI is InChI=1S/C19H27NO4/c1-13-5-4-6-17(14(13)2)20-18(21)12-24-19(22)11-15-7-9-16(23-3)10-8-15/h7-10,13-14,17H,4-6,11-12H2,1-3H3,(H,20,21)/t13-,14-,17+/m0/s1. The summed E-state index contributed by atoms with van der Waals surface area (Å²) < 4.78 is 10.2. The van der Waals surface area contributed by atoms with Crippen molar-refractivity contribution in [2.75, 3.05) is 13.7 Å². The van der Waals surface area contributed by atoms with Crippen molar-refractivity contribution >= 4 is 11.9 Å². The van der Waals surface area contributed by atoms with Crippen LogP contribution in [-0.2, 0) is 20.7 Å². The largest absolute Gasteiger partial charge is 0.497 e. The Bertz CT molecular complexity index is 555. The maximum absolute atomic E-state index is 12.0. The van der Waals surface area contributed by atoms with E-state index >= 15 is 0 Å². The van der Waals surface area contributed by atoms with Crippen molar-refractivity contribution in [3.05, 3.63) is 29.8 Å². The minimum Gasteiger partial charge on any atom is -0.497 e. The van der Waals surface area contributed by atoms with E-state index in [2.05, 4.69) is 19.2 Å². The van der Waals surface area contributed by atoms with Crippen LogP contribution < -0.4 is 10.1 Å². The topological polar surface area (TPSA) is 64.6 Å². The van der Waals surface area contributed by atoms with Gasteiger partial charge in [0.2, 0.25) is 0 Å². The summed E-state index contributed by atoms with van der Waals surface area (Å²) in [5.74, 6) is 1.19. The summed E-state index contributed by atoms with van der Waals surface area (Å²) in [7, 11) is 1.59. The Morgan fingerprint density at radius 3 is 2.54 bits per heavy atom. The van der Waals surface area contributed by atoms with Crippen LogP contribution >= 0.6 is 0 Å². The molecule has 5 heteroatoms. The Morgan fingerprint density at radius 2 is 1.88 bits per heavy atom. The van der Waals surface area contributed by atoms with E-state index in [1.165, 1.54) is 6.42 Å². The molecular formula is C19H27NO4. The van der Waals surface area contributed by atoms with Crippen molar-refractivity contribution in [1.29, 1.82) is 0 Å². The van der Waals surface area contributed by atoms with Crippen LogP contribution in [0.5, 0.6) is 5.75 Å². The molecule has 1 saturated carbocycles. The Hall–Kier alpha value is -2.04. The lowest BCUT2D eigenvalue weighted by Crippen LogP contribution is -2.45. The van der Waals surface area contributed by atoms with Gasteiger partial charge < -0.3 is 14.8 Å². The fourth-order valence-electron chi connectivity index (χ4n) is 3.14. The smallest absolute Gasteiger partial charge is 0.310 e. The highest BCUT2D eigenvalue weighted by atomic mass is 16.5. The number of carbonyl (C=O) groups excluding carboxylic acids is 2. The van der Waals surface area contributed by atoms with E-state index in [4.69, 9.17) is 9.47 Å². The van der Waals surface area contributed by atoms with Gasteiger partial charge in [-0.1, -0.05) is 38.8 Å². The Labute approximate surface area is 143 Å². The lowest BCUT2D eigenvalue weighted by Gasteiger charge is -2.34. The molecule has 0 bridgehead atoms. The fraction of sp³-hybridized carbons (Fsp3) is 0.579. The zero-order chi connectivity index (χ0) is 17.5. The molecule has 3 atom stereocenters. The highest BCUT2D eigenvalue weighted by Crippen LogP contribution is 2.29. The number of methoxy groups -OCH3 is 1. The van der Waals surface area contributed by atoms with Gasteiger partial charge in [0.15, 0.2) is 6.61 Å². The van der Waals surface area contributed by atoms with Gasteiger partial charge in [-0.25, -0.2) is 0 Å². The second kappa shape index (κ2) is 8.71. The fourth-order valence-corrected chi connectivity index (χ4v) is 3.14. The number of esters is 1. The molecule has 5 nitrogen and oxygen atoms in total. The van der Waals surface area contributed by atoms with E-state index in [1.54, 1.807) is 19.2 Å². The molecule has 1 amide bonds. The van der Waals surface area contributed by atoms with Crippen LogP contribution in [0.2, 0.25) is 0 Å². The minimum atomic E-state index is -0.402. The zero-order valence-corrected chi connectivity index (χ0v) is 14.7. The molecular weight excluding hydrogens is 306 g/mol. The van der Waals surface area contributed by atoms with Crippen LogP contribution in [0.1, 0.15) is 38.7 Å². The first kappa shape index (κ1) is 18.3. The summed E-state index contributed by atoms with van der Waals surface area (Å²) in [4.78, 5) is 23.8. The van der Waals surface area contributed by atoms with Crippen LogP contribution in [0.15, 0.2) is 24.3 Å². The SMILES string of the molecule is COc1ccc(CC(=O)OCC(=O)N[C@@H]2CCC[C@H](C)[C@@H]2C)cc1. The first-order valence-corrected chi connectivity index (χ1v) is 8.57. The number of amides is 1. The molecule has 2 rings (SSSR count). The van der Waals surface area contributed by atoms with Gasteiger partial charge in [-0.15, -0.1) is 0 Å². The second-order valence-corrected chi connectivity index (χ2v) is 6.63. The Balaban J connectivity index is 1.73. The lowest BCUT2D eigenvalue weighted by atomic mass is 9.78. The van der Waals surface area contributed by atoms with Gasteiger partial charge in [-0.05, 0) is 36.0 Å². The van der Waals surface area contributed by atoms with Crippen molar-refractivity contribution < 1.29 is 19.1 Å². The maximum atomic E-state index is 12.0. The lowest BCUT2D eigenvalue weighted by molar-refractivity contribution is -0.148. The number of rotatable bonds is 6. The molecule has 1 aromatic rings. The Morgan fingerprint density at radius 1 is 1.17 bits per heavy atom. The minimum absolute atomic E-state index is 0.147. The summed E-state index contributed by atoms with van der Waals surface area (Å²) in [6.45, 7) is 4.18. The van der Waals surface area contributed by atoms with Crippen LogP contribution in [-0.4, -0.2) is 31.6 Å². The third-order valence-electron chi connectivity index (χ3n) is 4.92. The summed E-state index contributed by atoms with van der Waals surface area (Å²) >= 11 is 0. The van der Waals surface area contributed by atoms with Crippen LogP contribution in [0.3, 0.4) is 0 Å². The van der Waals surface area contributed by atoms with E-state index in [1.807, 2.05) is 12.1 Å². The van der Waals surface area contributed by atoms with E-state index in [0.29, 0.717) is 11.8 Å². The molecule has 0 heterocycles. The van der Waals surface area contributed by atoms with E-state index in [-0.39, 0.29) is 25.0 Å². The molecule has 132 valence electrons. The van der Waals surface area contributed by atoms with Crippen LogP contribution in [0.25, 0.3) is 0 Å². The molecule has 1 aliphatic carbocycles. The predicted molar refractivity (Wildman–Crippen MR) is 91.8 cm³/mol. The quantitative estimate of drug-likeness (QED) is 0.813. The average molecular weight is 333 g/mol. The first-order chi connectivity index (χ1) is 11.5. The van der Waals surface area contributed by atoms with Gasteiger partial charge in [0, 0.05) is 6.04 Å². The molecule has 1 aromatic carbocycles. The molecule has 0 saturated heterocycles. The molecule has 1 fully saturated rings. The van der Waals surface area contributed by atoms with Crippen LogP contribution in [0.4, 0.5) is 0 Å². The number of benzene rings is 1. The van der Waals surface area contributed by atoms with Crippen molar-refractivity contribution in [1.82, 2.24) is 5.32 Å². The monoisotopic (exact) mass is 333 g/mol. The number of hydrogen-bond donors (Lipinski definition) is 1. The third kappa shape index (κ3) is 5.25. The number of nitrogens with one attached hydrogen (secondary N) is 1. The molecule has 24 heavy (non-hydrogen) atoms. The maximum Gasteiger partial charge on any atom is 0.310 e. The summed E-state index contributed by atoms with van der Waals surface area (Å²) in [5.41, 5.74) is 0.830. The molecule has 0 radical (unpaired) electrons. The molecule has 0 unspecified atom stereocenters. The molecule has 0 aromatic heterocycles. The first-order valence-electron chi connectivity index (χ1n) is 8.57. The predicted octanol–water partition coefficient (Wildman–Crippen LogP) is 2.72. The zero-order valence-electron chi connectivity index (χ0n) is 14.7. The second-order valence-electron chi connectivity index (χ2n) is 6.63. The highest BCUT2D eigenvalue weighted by Gasteiger charge is 2.28.